The molecule has 0 aromatic heterocycles. The number of ether oxygens (including phenoxy) is 2. The molecule has 0 unspecified atom stereocenters. The first-order valence-electron chi connectivity index (χ1n) is 8.21. The molecule has 0 radical (unpaired) electrons. The van der Waals surface area contributed by atoms with Crippen LogP contribution in [0.5, 0.6) is 0 Å². The molecular formula is C17H23N3O4. The van der Waals surface area contributed by atoms with E-state index in [0.717, 1.165) is 37.7 Å². The Morgan fingerprint density at radius 2 is 1.92 bits per heavy atom. The van der Waals surface area contributed by atoms with Crippen molar-refractivity contribution >= 4 is 23.2 Å². The van der Waals surface area contributed by atoms with Crippen molar-refractivity contribution in [1.82, 2.24) is 4.90 Å². The van der Waals surface area contributed by atoms with E-state index in [9.17, 15) is 9.59 Å². The second-order valence-corrected chi connectivity index (χ2v) is 5.92. The summed E-state index contributed by atoms with van der Waals surface area (Å²) in [5, 5.41) is 3.16. The Balaban J connectivity index is 1.59. The van der Waals surface area contributed by atoms with Gasteiger partial charge in [0.05, 0.1) is 32.8 Å². The van der Waals surface area contributed by atoms with Gasteiger partial charge in [0.1, 0.15) is 6.04 Å². The van der Waals surface area contributed by atoms with Gasteiger partial charge in [-0.2, -0.15) is 0 Å². The molecule has 1 atom stereocenters. The van der Waals surface area contributed by atoms with Gasteiger partial charge >= 0.3 is 0 Å². The largest absolute Gasteiger partial charge is 0.383 e. The van der Waals surface area contributed by atoms with Crippen molar-refractivity contribution in [2.45, 2.75) is 12.5 Å². The van der Waals surface area contributed by atoms with E-state index in [4.69, 9.17) is 9.47 Å². The molecule has 2 saturated heterocycles. The summed E-state index contributed by atoms with van der Waals surface area (Å²) in [5.41, 5.74) is 1.98. The monoisotopic (exact) mass is 333 g/mol. The summed E-state index contributed by atoms with van der Waals surface area (Å²) in [6.07, 6.45) is 0.188. The number of amides is 2. The molecule has 7 nitrogen and oxygen atoms in total. The van der Waals surface area contributed by atoms with Gasteiger partial charge in [-0.25, -0.2) is 0 Å². The van der Waals surface area contributed by atoms with Crippen molar-refractivity contribution in [2.75, 3.05) is 56.8 Å². The van der Waals surface area contributed by atoms with Crippen molar-refractivity contribution in [1.29, 1.82) is 0 Å². The standard InChI is InChI=1S/C17H23N3O4/c1-23-9-8-20-16(21)12-15(17(20)22)18-13-2-4-14(5-3-13)19-6-10-24-11-7-19/h2-5,15,18H,6-12H2,1H3/t15-/m0/s1. The molecule has 2 amide bonds. The molecule has 2 aliphatic rings. The second-order valence-electron chi connectivity index (χ2n) is 5.92. The lowest BCUT2D eigenvalue weighted by Gasteiger charge is -2.29. The molecule has 0 bridgehead atoms. The number of anilines is 2. The zero-order valence-corrected chi connectivity index (χ0v) is 13.9. The van der Waals surface area contributed by atoms with Crippen LogP contribution < -0.4 is 10.2 Å². The van der Waals surface area contributed by atoms with Crippen LogP contribution in [-0.4, -0.2) is 69.3 Å². The van der Waals surface area contributed by atoms with Gasteiger partial charge in [-0.15, -0.1) is 0 Å². The van der Waals surface area contributed by atoms with E-state index in [2.05, 4.69) is 10.2 Å². The summed E-state index contributed by atoms with van der Waals surface area (Å²) in [4.78, 5) is 27.8. The molecule has 2 heterocycles. The Hall–Kier alpha value is -2.12. The van der Waals surface area contributed by atoms with Crippen LogP contribution in [0.3, 0.4) is 0 Å². The summed E-state index contributed by atoms with van der Waals surface area (Å²) in [6.45, 7) is 3.93. The number of carbonyl (C=O) groups is 2. The number of nitrogens with zero attached hydrogens (tertiary/aromatic N) is 2. The number of hydrogen-bond donors (Lipinski definition) is 1. The molecule has 7 heteroatoms. The maximum Gasteiger partial charge on any atom is 0.252 e. The molecular weight excluding hydrogens is 310 g/mol. The van der Waals surface area contributed by atoms with E-state index < -0.39 is 6.04 Å². The number of morpholine rings is 1. The highest BCUT2D eigenvalue weighted by Gasteiger charge is 2.38. The van der Waals surface area contributed by atoms with Crippen LogP contribution in [0.4, 0.5) is 11.4 Å². The SMILES string of the molecule is COCCN1C(=O)C[C@H](Nc2ccc(N3CCOCC3)cc2)C1=O. The fraction of sp³-hybridized carbons (Fsp3) is 0.529. The number of nitrogens with one attached hydrogen (secondary N) is 1. The highest BCUT2D eigenvalue weighted by atomic mass is 16.5. The van der Waals surface area contributed by atoms with E-state index in [1.807, 2.05) is 24.3 Å². The molecule has 1 aromatic rings. The van der Waals surface area contributed by atoms with Crippen LogP contribution in [0.1, 0.15) is 6.42 Å². The van der Waals surface area contributed by atoms with Crippen LogP contribution in [0.2, 0.25) is 0 Å². The number of benzene rings is 1. The minimum Gasteiger partial charge on any atom is -0.383 e. The third-order valence-corrected chi connectivity index (χ3v) is 4.35. The first-order valence-corrected chi connectivity index (χ1v) is 8.21. The number of methoxy groups -OCH3 is 1. The summed E-state index contributed by atoms with van der Waals surface area (Å²) < 4.78 is 10.3. The Bertz CT molecular complexity index is 584. The van der Waals surface area contributed by atoms with E-state index in [1.165, 1.54) is 4.90 Å². The van der Waals surface area contributed by atoms with E-state index >= 15 is 0 Å². The number of carbonyl (C=O) groups excluding carboxylic acids is 2. The first kappa shape index (κ1) is 16.7. The van der Waals surface area contributed by atoms with Gasteiger partial charge in [0.25, 0.3) is 5.91 Å². The van der Waals surface area contributed by atoms with Crippen LogP contribution in [0.15, 0.2) is 24.3 Å². The maximum absolute atomic E-state index is 12.3. The third kappa shape index (κ3) is 3.68. The van der Waals surface area contributed by atoms with Crippen LogP contribution >= 0.6 is 0 Å². The van der Waals surface area contributed by atoms with Gasteiger partial charge in [-0.1, -0.05) is 0 Å². The Labute approximate surface area is 141 Å². The zero-order valence-electron chi connectivity index (χ0n) is 13.9. The smallest absolute Gasteiger partial charge is 0.252 e. The Morgan fingerprint density at radius 1 is 1.21 bits per heavy atom. The number of imide groups is 1. The predicted octanol–water partition coefficient (Wildman–Crippen LogP) is 0.709. The van der Waals surface area contributed by atoms with E-state index in [1.54, 1.807) is 7.11 Å². The fourth-order valence-electron chi connectivity index (χ4n) is 3.00. The number of rotatable bonds is 6. The fourth-order valence-corrected chi connectivity index (χ4v) is 3.00. The van der Waals surface area contributed by atoms with E-state index in [0.29, 0.717) is 13.2 Å². The average molecular weight is 333 g/mol. The molecule has 3 rings (SSSR count). The van der Waals surface area contributed by atoms with Crippen molar-refractivity contribution < 1.29 is 19.1 Å². The molecule has 0 saturated carbocycles. The van der Waals surface area contributed by atoms with Crippen LogP contribution in [-0.2, 0) is 19.1 Å². The first-order chi connectivity index (χ1) is 11.7. The Kier molecular flexibility index (Phi) is 5.32. The lowest BCUT2D eigenvalue weighted by molar-refractivity contribution is -0.139. The van der Waals surface area contributed by atoms with Crippen molar-refractivity contribution in [3.8, 4) is 0 Å². The van der Waals surface area contributed by atoms with Gasteiger partial charge in [-0.05, 0) is 24.3 Å². The molecule has 2 aliphatic heterocycles. The molecule has 24 heavy (non-hydrogen) atoms. The van der Waals surface area contributed by atoms with Gasteiger partial charge < -0.3 is 19.7 Å². The van der Waals surface area contributed by atoms with E-state index in [-0.39, 0.29) is 18.2 Å². The predicted molar refractivity (Wildman–Crippen MR) is 90.1 cm³/mol. The Morgan fingerprint density at radius 3 is 2.58 bits per heavy atom. The summed E-state index contributed by atoms with van der Waals surface area (Å²) >= 11 is 0. The van der Waals surface area contributed by atoms with Crippen molar-refractivity contribution in [3.05, 3.63) is 24.3 Å². The number of hydrogen-bond acceptors (Lipinski definition) is 6. The van der Waals surface area contributed by atoms with Gasteiger partial charge in [0, 0.05) is 31.6 Å². The molecule has 0 spiro atoms. The zero-order chi connectivity index (χ0) is 16.9. The van der Waals surface area contributed by atoms with Crippen molar-refractivity contribution in [3.63, 3.8) is 0 Å². The van der Waals surface area contributed by atoms with Gasteiger partial charge in [-0.3, -0.25) is 14.5 Å². The molecule has 2 fully saturated rings. The maximum atomic E-state index is 12.3. The highest BCUT2D eigenvalue weighted by molar-refractivity contribution is 6.06. The van der Waals surface area contributed by atoms with Gasteiger partial charge in [0.15, 0.2) is 0 Å². The summed E-state index contributed by atoms with van der Waals surface area (Å²) in [6, 6.07) is 7.44. The lowest BCUT2D eigenvalue weighted by atomic mass is 10.2. The third-order valence-electron chi connectivity index (χ3n) is 4.35. The molecule has 130 valence electrons. The molecule has 0 aliphatic carbocycles. The topological polar surface area (TPSA) is 71.1 Å². The minimum atomic E-state index is -0.497. The average Bonchev–Trinajstić information content (AvgIpc) is 2.88. The lowest BCUT2D eigenvalue weighted by Crippen LogP contribution is -2.37. The van der Waals surface area contributed by atoms with Crippen LogP contribution in [0, 0.1) is 0 Å². The molecule has 1 aromatic carbocycles. The number of likely N-dealkylation sites (tertiary alicyclic amines) is 1. The normalized spacial score (nSPS) is 21.5. The molecule has 1 N–H and O–H groups in total. The highest BCUT2D eigenvalue weighted by Crippen LogP contribution is 2.22. The van der Waals surface area contributed by atoms with Crippen molar-refractivity contribution in [2.24, 2.45) is 0 Å². The van der Waals surface area contributed by atoms with Crippen LogP contribution in [0.25, 0.3) is 0 Å². The van der Waals surface area contributed by atoms with Gasteiger partial charge in [0.2, 0.25) is 5.91 Å². The quantitative estimate of drug-likeness (QED) is 0.773. The minimum absolute atomic E-state index is 0.153. The summed E-state index contributed by atoms with van der Waals surface area (Å²) in [5.74, 6) is -0.339. The second kappa shape index (κ2) is 7.63. The summed E-state index contributed by atoms with van der Waals surface area (Å²) in [7, 11) is 1.55.